The van der Waals surface area contributed by atoms with Gasteiger partial charge < -0.3 is 14.9 Å². The molecule has 6 nitrogen and oxygen atoms in total. The molecule has 1 N–H and O–H groups in total. The number of hydrogen-bond donors (Lipinski definition) is 1. The summed E-state index contributed by atoms with van der Waals surface area (Å²) in [5.41, 5.74) is 1.04. The molecule has 1 aliphatic heterocycles. The number of aliphatic carboxylic acids is 1. The number of carboxylic acid groups (broad SMARTS) is 1. The number of carbonyl (C=O) groups is 3. The van der Waals surface area contributed by atoms with Crippen LogP contribution < -0.4 is 0 Å². The van der Waals surface area contributed by atoms with E-state index in [9.17, 15) is 14.4 Å². The number of nitrogens with zero attached hydrogens (tertiary/aromatic N) is 2. The van der Waals surface area contributed by atoms with Crippen molar-refractivity contribution in [1.82, 2.24) is 9.80 Å². The molecule has 0 radical (unpaired) electrons. The average Bonchev–Trinajstić information content (AvgIpc) is 3.28. The van der Waals surface area contributed by atoms with Crippen LogP contribution in [0.4, 0.5) is 0 Å². The number of rotatable bonds is 3. The molecule has 1 aromatic carbocycles. The Morgan fingerprint density at radius 1 is 1.08 bits per heavy atom. The van der Waals surface area contributed by atoms with E-state index in [1.807, 2.05) is 0 Å². The number of hydrogen-bond acceptors (Lipinski definition) is 3. The van der Waals surface area contributed by atoms with Gasteiger partial charge in [-0.1, -0.05) is 0 Å². The summed E-state index contributed by atoms with van der Waals surface area (Å²) in [6.07, 6.45) is 2.26. The molecule has 1 spiro atoms. The summed E-state index contributed by atoms with van der Waals surface area (Å²) in [6, 6.07) is 6.70. The SMILES string of the molecule is CN(C)C(=O)c1ccc(C(=O)N2CCC3(CC2)CC3C(=O)O)cc1. The van der Waals surface area contributed by atoms with Gasteiger partial charge in [0.05, 0.1) is 5.92 Å². The van der Waals surface area contributed by atoms with Crippen LogP contribution in [-0.2, 0) is 4.79 Å². The maximum atomic E-state index is 12.6. The summed E-state index contributed by atoms with van der Waals surface area (Å²) in [6.45, 7) is 1.20. The van der Waals surface area contributed by atoms with E-state index in [0.29, 0.717) is 24.2 Å². The van der Waals surface area contributed by atoms with E-state index in [0.717, 1.165) is 19.3 Å². The second-order valence-electron chi connectivity index (χ2n) is 7.03. The number of piperidine rings is 1. The fraction of sp³-hybridized carbons (Fsp3) is 0.500. The monoisotopic (exact) mass is 330 g/mol. The quantitative estimate of drug-likeness (QED) is 0.915. The Bertz CT molecular complexity index is 673. The van der Waals surface area contributed by atoms with Gasteiger partial charge in [0.15, 0.2) is 0 Å². The van der Waals surface area contributed by atoms with E-state index in [1.165, 1.54) is 4.90 Å². The topological polar surface area (TPSA) is 77.9 Å². The van der Waals surface area contributed by atoms with Gasteiger partial charge in [-0.15, -0.1) is 0 Å². The molecule has 3 rings (SSSR count). The van der Waals surface area contributed by atoms with Gasteiger partial charge in [-0.05, 0) is 48.9 Å². The Balaban J connectivity index is 1.62. The minimum Gasteiger partial charge on any atom is -0.481 e. The third-order valence-electron chi connectivity index (χ3n) is 5.32. The summed E-state index contributed by atoms with van der Waals surface area (Å²) < 4.78 is 0. The first kappa shape index (κ1) is 16.5. The highest BCUT2D eigenvalue weighted by molar-refractivity contribution is 5.97. The minimum absolute atomic E-state index is 0.0544. The average molecular weight is 330 g/mol. The molecular formula is C18H22N2O4. The third kappa shape index (κ3) is 2.88. The van der Waals surface area contributed by atoms with Crippen LogP contribution in [0, 0.1) is 11.3 Å². The van der Waals surface area contributed by atoms with Crippen LogP contribution >= 0.6 is 0 Å². The maximum Gasteiger partial charge on any atom is 0.307 e. The van der Waals surface area contributed by atoms with E-state index in [1.54, 1.807) is 43.3 Å². The van der Waals surface area contributed by atoms with E-state index in [4.69, 9.17) is 5.11 Å². The highest BCUT2D eigenvalue weighted by Crippen LogP contribution is 2.59. The molecule has 1 heterocycles. The van der Waals surface area contributed by atoms with Crippen LogP contribution in [0.25, 0.3) is 0 Å². The molecule has 1 unspecified atom stereocenters. The number of likely N-dealkylation sites (tertiary alicyclic amines) is 1. The Morgan fingerprint density at radius 2 is 1.62 bits per heavy atom. The van der Waals surface area contributed by atoms with Crippen LogP contribution in [0.15, 0.2) is 24.3 Å². The molecule has 1 atom stereocenters. The Hall–Kier alpha value is -2.37. The van der Waals surface area contributed by atoms with Crippen LogP contribution in [0.5, 0.6) is 0 Å². The van der Waals surface area contributed by atoms with E-state index >= 15 is 0 Å². The van der Waals surface area contributed by atoms with Crippen molar-refractivity contribution >= 4 is 17.8 Å². The molecule has 1 saturated carbocycles. The lowest BCUT2D eigenvalue weighted by atomic mass is 9.90. The van der Waals surface area contributed by atoms with Gasteiger partial charge >= 0.3 is 5.97 Å². The van der Waals surface area contributed by atoms with Crippen molar-refractivity contribution < 1.29 is 19.5 Å². The largest absolute Gasteiger partial charge is 0.481 e. The second kappa shape index (κ2) is 5.92. The lowest BCUT2D eigenvalue weighted by molar-refractivity contribution is -0.139. The van der Waals surface area contributed by atoms with E-state index in [2.05, 4.69) is 0 Å². The molecule has 1 aromatic rings. The van der Waals surface area contributed by atoms with Gasteiger partial charge in [-0.25, -0.2) is 0 Å². The lowest BCUT2D eigenvalue weighted by Gasteiger charge is -2.32. The van der Waals surface area contributed by atoms with Crippen molar-refractivity contribution in [2.45, 2.75) is 19.3 Å². The molecular weight excluding hydrogens is 308 g/mol. The summed E-state index contributed by atoms with van der Waals surface area (Å²) in [5, 5.41) is 9.12. The van der Waals surface area contributed by atoms with Crippen LogP contribution in [0.3, 0.4) is 0 Å². The molecule has 128 valence electrons. The summed E-state index contributed by atoms with van der Waals surface area (Å²) in [5.74, 6) is -1.09. The molecule has 1 aliphatic carbocycles. The molecule has 2 fully saturated rings. The van der Waals surface area contributed by atoms with Crippen molar-refractivity contribution in [1.29, 1.82) is 0 Å². The number of carboxylic acids is 1. The van der Waals surface area contributed by atoms with Crippen molar-refractivity contribution in [3.05, 3.63) is 35.4 Å². The Morgan fingerprint density at radius 3 is 2.08 bits per heavy atom. The first-order valence-corrected chi connectivity index (χ1v) is 8.18. The predicted molar refractivity (Wildman–Crippen MR) is 87.8 cm³/mol. The second-order valence-corrected chi connectivity index (χ2v) is 7.03. The van der Waals surface area contributed by atoms with Crippen LogP contribution in [-0.4, -0.2) is 59.9 Å². The molecule has 6 heteroatoms. The summed E-state index contributed by atoms with van der Waals surface area (Å²) >= 11 is 0. The first-order valence-electron chi connectivity index (χ1n) is 8.18. The van der Waals surface area contributed by atoms with E-state index in [-0.39, 0.29) is 23.1 Å². The molecule has 0 bridgehead atoms. The highest BCUT2D eigenvalue weighted by atomic mass is 16.4. The number of benzene rings is 1. The van der Waals surface area contributed by atoms with Crippen LogP contribution in [0.2, 0.25) is 0 Å². The molecule has 2 aliphatic rings. The summed E-state index contributed by atoms with van der Waals surface area (Å²) in [4.78, 5) is 38.8. The molecule has 0 aromatic heterocycles. The predicted octanol–water partition coefficient (Wildman–Crippen LogP) is 1.72. The number of carbonyl (C=O) groups excluding carboxylic acids is 2. The van der Waals surface area contributed by atoms with Crippen molar-refractivity contribution in [3.8, 4) is 0 Å². The van der Waals surface area contributed by atoms with Gasteiger partial charge in [-0.3, -0.25) is 14.4 Å². The molecule has 24 heavy (non-hydrogen) atoms. The standard InChI is InChI=1S/C18H22N2O4/c1-19(2)15(21)12-3-5-13(6-4-12)16(22)20-9-7-18(8-10-20)11-14(18)17(23)24/h3-6,14H,7-11H2,1-2H3,(H,23,24). The normalized spacial score (nSPS) is 21.4. The van der Waals surface area contributed by atoms with Gasteiger partial charge in [0.25, 0.3) is 11.8 Å². The lowest BCUT2D eigenvalue weighted by Crippen LogP contribution is -2.40. The smallest absolute Gasteiger partial charge is 0.307 e. The fourth-order valence-electron chi connectivity index (χ4n) is 3.60. The van der Waals surface area contributed by atoms with Crippen molar-refractivity contribution in [2.75, 3.05) is 27.2 Å². The Labute approximate surface area is 141 Å². The van der Waals surface area contributed by atoms with Crippen LogP contribution in [0.1, 0.15) is 40.0 Å². The van der Waals surface area contributed by atoms with Gasteiger partial charge in [0, 0.05) is 38.3 Å². The summed E-state index contributed by atoms with van der Waals surface area (Å²) in [7, 11) is 3.38. The zero-order chi connectivity index (χ0) is 17.5. The first-order chi connectivity index (χ1) is 11.3. The number of amides is 2. The zero-order valence-electron chi connectivity index (χ0n) is 14.0. The zero-order valence-corrected chi connectivity index (χ0v) is 14.0. The third-order valence-corrected chi connectivity index (χ3v) is 5.32. The van der Waals surface area contributed by atoms with Gasteiger partial charge in [0.1, 0.15) is 0 Å². The van der Waals surface area contributed by atoms with Crippen molar-refractivity contribution in [2.24, 2.45) is 11.3 Å². The fourth-order valence-corrected chi connectivity index (χ4v) is 3.60. The van der Waals surface area contributed by atoms with Gasteiger partial charge in [-0.2, -0.15) is 0 Å². The molecule has 2 amide bonds. The maximum absolute atomic E-state index is 12.6. The highest BCUT2D eigenvalue weighted by Gasteiger charge is 2.59. The van der Waals surface area contributed by atoms with Gasteiger partial charge in [0.2, 0.25) is 0 Å². The van der Waals surface area contributed by atoms with Crippen molar-refractivity contribution in [3.63, 3.8) is 0 Å². The Kier molecular flexibility index (Phi) is 4.07. The minimum atomic E-state index is -0.712. The molecule has 1 saturated heterocycles. The van der Waals surface area contributed by atoms with E-state index < -0.39 is 5.97 Å².